The van der Waals surface area contributed by atoms with Gasteiger partial charge in [0.05, 0.1) is 10.6 Å². The maximum atomic E-state index is 12.2. The van der Waals surface area contributed by atoms with Crippen LogP contribution in [-0.2, 0) is 0 Å². The minimum atomic E-state index is -0.0821. The number of carbonyl (C=O) groups is 1. The Morgan fingerprint density at radius 3 is 2.68 bits per heavy atom. The Hall–Kier alpha value is -0.710. The minimum absolute atomic E-state index is 0.0821. The Balaban J connectivity index is 2.03. The summed E-state index contributed by atoms with van der Waals surface area (Å²) in [5.41, 5.74) is 6.42. The summed E-state index contributed by atoms with van der Waals surface area (Å²) in [6.45, 7) is 0. The lowest BCUT2D eigenvalue weighted by atomic mass is 9.91. The molecule has 0 unspecified atom stereocenters. The zero-order valence-electron chi connectivity index (χ0n) is 11.0. The van der Waals surface area contributed by atoms with Crippen LogP contribution in [-0.4, -0.2) is 24.2 Å². The van der Waals surface area contributed by atoms with Crippen LogP contribution < -0.4 is 11.1 Å². The van der Waals surface area contributed by atoms with Crippen molar-refractivity contribution >= 4 is 29.3 Å². The first-order valence-electron chi connectivity index (χ1n) is 6.50. The van der Waals surface area contributed by atoms with E-state index in [2.05, 4.69) is 5.32 Å². The summed E-state index contributed by atoms with van der Waals surface area (Å²) in [7, 11) is 0. The van der Waals surface area contributed by atoms with Gasteiger partial charge < -0.3 is 11.1 Å². The van der Waals surface area contributed by atoms with E-state index in [4.69, 9.17) is 17.3 Å². The van der Waals surface area contributed by atoms with E-state index >= 15 is 0 Å². The van der Waals surface area contributed by atoms with Crippen molar-refractivity contribution in [2.24, 2.45) is 5.73 Å². The van der Waals surface area contributed by atoms with Crippen LogP contribution in [0.25, 0.3) is 0 Å². The number of benzene rings is 1. The average Bonchev–Trinajstić information content (AvgIpc) is 2.42. The topological polar surface area (TPSA) is 55.1 Å². The predicted molar refractivity (Wildman–Crippen MR) is 80.9 cm³/mol. The van der Waals surface area contributed by atoms with Gasteiger partial charge in [0.1, 0.15) is 0 Å². The maximum Gasteiger partial charge on any atom is 0.253 e. The number of halogens is 1. The largest absolute Gasteiger partial charge is 0.349 e. The van der Waals surface area contributed by atoms with Gasteiger partial charge in [-0.3, -0.25) is 4.79 Å². The quantitative estimate of drug-likeness (QED) is 0.843. The number of nitrogens with one attached hydrogen (secondary N) is 1. The first-order valence-corrected chi connectivity index (χ1v) is 8.10. The molecular formula is C14H19ClN2OS. The van der Waals surface area contributed by atoms with Gasteiger partial charge in [0.25, 0.3) is 5.91 Å². The fraction of sp³-hybridized carbons (Fsp3) is 0.500. The van der Waals surface area contributed by atoms with Crippen LogP contribution in [0.2, 0.25) is 5.02 Å². The molecule has 0 spiro atoms. The van der Waals surface area contributed by atoms with E-state index in [1.165, 1.54) is 0 Å². The third-order valence-electron chi connectivity index (χ3n) is 3.53. The molecule has 2 rings (SSSR count). The van der Waals surface area contributed by atoms with Gasteiger partial charge in [-0.25, -0.2) is 0 Å². The second kappa shape index (κ2) is 6.64. The highest BCUT2D eigenvalue weighted by atomic mass is 35.5. The zero-order valence-corrected chi connectivity index (χ0v) is 12.6. The number of thioether (sulfide) groups is 1. The Morgan fingerprint density at radius 2 is 2.05 bits per heavy atom. The lowest BCUT2D eigenvalue weighted by Crippen LogP contribution is -2.40. The molecule has 3 N–H and O–H groups in total. The molecule has 0 bridgehead atoms. The molecule has 0 radical (unpaired) electrons. The molecule has 104 valence electrons. The van der Waals surface area contributed by atoms with Gasteiger partial charge in [0.15, 0.2) is 0 Å². The fourth-order valence-corrected chi connectivity index (χ4v) is 2.98. The molecule has 1 aromatic carbocycles. The van der Waals surface area contributed by atoms with Crippen molar-refractivity contribution < 1.29 is 4.79 Å². The van der Waals surface area contributed by atoms with E-state index in [0.29, 0.717) is 10.6 Å². The first kappa shape index (κ1) is 14.7. The number of hydrogen-bond acceptors (Lipinski definition) is 3. The second-order valence-corrected chi connectivity index (χ2v) is 6.22. The van der Waals surface area contributed by atoms with Crippen LogP contribution in [0.1, 0.15) is 36.0 Å². The normalized spacial score (nSPS) is 23.1. The highest BCUT2D eigenvalue weighted by Crippen LogP contribution is 2.24. The molecular weight excluding hydrogens is 280 g/mol. The number of nitrogens with two attached hydrogens (primary N) is 1. The van der Waals surface area contributed by atoms with Gasteiger partial charge in [0, 0.05) is 17.0 Å². The number of amides is 1. The molecule has 0 aromatic heterocycles. The lowest BCUT2D eigenvalue weighted by Gasteiger charge is -2.27. The van der Waals surface area contributed by atoms with Crippen LogP contribution in [0.15, 0.2) is 23.1 Å². The van der Waals surface area contributed by atoms with Crippen molar-refractivity contribution in [2.75, 3.05) is 6.26 Å². The lowest BCUT2D eigenvalue weighted by molar-refractivity contribution is 0.0926. The third kappa shape index (κ3) is 3.88. The summed E-state index contributed by atoms with van der Waals surface area (Å²) >= 11 is 7.70. The van der Waals surface area contributed by atoms with Crippen molar-refractivity contribution in [3.8, 4) is 0 Å². The third-order valence-corrected chi connectivity index (χ3v) is 4.58. The van der Waals surface area contributed by atoms with E-state index in [1.54, 1.807) is 17.8 Å². The number of carbonyl (C=O) groups excluding carboxylic acids is 1. The molecule has 1 aromatic rings. The Kier molecular flexibility index (Phi) is 5.13. The summed E-state index contributed by atoms with van der Waals surface area (Å²) in [6, 6.07) is 6.05. The fourth-order valence-electron chi connectivity index (χ4n) is 2.33. The monoisotopic (exact) mass is 298 g/mol. The van der Waals surface area contributed by atoms with Gasteiger partial charge in [-0.2, -0.15) is 0 Å². The van der Waals surface area contributed by atoms with Crippen LogP contribution >= 0.6 is 23.4 Å². The summed E-state index contributed by atoms with van der Waals surface area (Å²) in [5.74, 6) is -0.0821. The SMILES string of the molecule is CSc1ccc(Cl)c(C(=O)NC2CCC(N)CC2)c1. The molecule has 1 aliphatic carbocycles. The molecule has 0 aliphatic heterocycles. The first-order chi connectivity index (χ1) is 9.10. The molecule has 0 heterocycles. The molecule has 0 atom stereocenters. The van der Waals surface area contributed by atoms with Crippen molar-refractivity contribution in [3.05, 3.63) is 28.8 Å². The van der Waals surface area contributed by atoms with Crippen molar-refractivity contribution in [1.82, 2.24) is 5.32 Å². The molecule has 3 nitrogen and oxygen atoms in total. The van der Waals surface area contributed by atoms with E-state index < -0.39 is 0 Å². The van der Waals surface area contributed by atoms with Gasteiger partial charge in [-0.05, 0) is 50.1 Å². The highest BCUT2D eigenvalue weighted by molar-refractivity contribution is 7.98. The van der Waals surface area contributed by atoms with Crippen LogP contribution in [0.4, 0.5) is 0 Å². The Labute approximate surface area is 123 Å². The van der Waals surface area contributed by atoms with Crippen LogP contribution in [0.3, 0.4) is 0 Å². The van der Waals surface area contributed by atoms with E-state index in [-0.39, 0.29) is 18.0 Å². The molecule has 5 heteroatoms. The van der Waals surface area contributed by atoms with E-state index in [0.717, 1.165) is 30.6 Å². The molecule has 1 amide bonds. The molecule has 1 fully saturated rings. The molecule has 0 saturated heterocycles. The van der Waals surface area contributed by atoms with Crippen LogP contribution in [0, 0.1) is 0 Å². The minimum Gasteiger partial charge on any atom is -0.349 e. The van der Waals surface area contributed by atoms with Gasteiger partial charge in [-0.1, -0.05) is 11.6 Å². The smallest absolute Gasteiger partial charge is 0.253 e. The van der Waals surface area contributed by atoms with Crippen LogP contribution in [0.5, 0.6) is 0 Å². The number of hydrogen-bond donors (Lipinski definition) is 2. The molecule has 19 heavy (non-hydrogen) atoms. The summed E-state index contributed by atoms with van der Waals surface area (Å²) in [6.07, 6.45) is 5.83. The van der Waals surface area contributed by atoms with Gasteiger partial charge in [0.2, 0.25) is 0 Å². The summed E-state index contributed by atoms with van der Waals surface area (Å²) < 4.78 is 0. The predicted octanol–water partition coefficient (Wildman–Crippen LogP) is 3.06. The second-order valence-electron chi connectivity index (χ2n) is 4.93. The molecule has 1 saturated carbocycles. The number of rotatable bonds is 3. The highest BCUT2D eigenvalue weighted by Gasteiger charge is 2.21. The summed E-state index contributed by atoms with van der Waals surface area (Å²) in [4.78, 5) is 13.3. The van der Waals surface area contributed by atoms with Crippen molar-refractivity contribution in [3.63, 3.8) is 0 Å². The van der Waals surface area contributed by atoms with E-state index in [9.17, 15) is 4.79 Å². The Morgan fingerprint density at radius 1 is 1.37 bits per heavy atom. The summed E-state index contributed by atoms with van der Waals surface area (Å²) in [5, 5.41) is 3.56. The van der Waals surface area contributed by atoms with Gasteiger partial charge >= 0.3 is 0 Å². The average molecular weight is 299 g/mol. The standard InChI is InChI=1S/C14H19ClN2OS/c1-19-11-6-7-13(15)12(8-11)14(18)17-10-4-2-9(16)3-5-10/h6-10H,2-5,16H2,1H3,(H,17,18). The van der Waals surface area contributed by atoms with Gasteiger partial charge in [-0.15, -0.1) is 11.8 Å². The van der Waals surface area contributed by atoms with E-state index in [1.807, 2.05) is 18.4 Å². The Bertz CT molecular complexity index is 459. The maximum absolute atomic E-state index is 12.2. The zero-order chi connectivity index (χ0) is 13.8. The van der Waals surface area contributed by atoms with Crippen molar-refractivity contribution in [1.29, 1.82) is 0 Å². The van der Waals surface area contributed by atoms with Crippen molar-refractivity contribution in [2.45, 2.75) is 42.7 Å². The molecule has 1 aliphatic rings.